The molecule has 0 spiro atoms. The zero-order valence-corrected chi connectivity index (χ0v) is 16.9. The SMILES string of the molecule is CCOC1(OC(C)C)CCC2=C(CC[C@@H]3C2=CC[C@]2(C)C(=O)CC[C@@H]32)C1. The van der Waals surface area contributed by atoms with Crippen molar-refractivity contribution >= 4 is 5.78 Å². The van der Waals surface area contributed by atoms with E-state index in [1.807, 2.05) is 0 Å². The van der Waals surface area contributed by atoms with E-state index >= 15 is 0 Å². The van der Waals surface area contributed by atoms with Crippen LogP contribution in [0.2, 0.25) is 0 Å². The Morgan fingerprint density at radius 1 is 1.23 bits per heavy atom. The standard InChI is InChI=1S/C23H34O3/c1-5-25-23(26-15(2)3)13-11-17-16(14-23)6-7-19-18(17)10-12-22(4)20(19)8-9-21(22)24/h10,15,19-20H,5-9,11-14H2,1-4H3/t19-,20+,22+,23?/m1/s1. The van der Waals surface area contributed by atoms with Gasteiger partial charge in [0.25, 0.3) is 0 Å². The van der Waals surface area contributed by atoms with Crippen LogP contribution in [0, 0.1) is 17.3 Å². The number of allylic oxidation sites excluding steroid dienone is 3. The smallest absolute Gasteiger partial charge is 0.172 e. The van der Waals surface area contributed by atoms with Gasteiger partial charge in [0.2, 0.25) is 0 Å². The van der Waals surface area contributed by atoms with Gasteiger partial charge in [-0.05, 0) is 75.9 Å². The molecule has 0 heterocycles. The molecule has 3 heteroatoms. The molecule has 4 atom stereocenters. The van der Waals surface area contributed by atoms with Crippen molar-refractivity contribution < 1.29 is 14.3 Å². The Hall–Kier alpha value is -0.930. The third-order valence-electron chi connectivity index (χ3n) is 7.40. The molecule has 3 nitrogen and oxygen atoms in total. The normalized spacial score (nSPS) is 39.6. The van der Waals surface area contributed by atoms with Crippen LogP contribution in [0.5, 0.6) is 0 Å². The highest BCUT2D eigenvalue weighted by Gasteiger charge is 2.53. The fraction of sp³-hybridized carbons (Fsp3) is 0.783. The van der Waals surface area contributed by atoms with Crippen molar-refractivity contribution in [3.8, 4) is 0 Å². The molecule has 144 valence electrons. The Kier molecular flexibility index (Phi) is 4.68. The molecule has 1 unspecified atom stereocenters. The fourth-order valence-electron chi connectivity index (χ4n) is 6.28. The molecule has 0 aromatic rings. The zero-order chi connectivity index (χ0) is 18.5. The fourth-order valence-corrected chi connectivity index (χ4v) is 6.28. The highest BCUT2D eigenvalue weighted by atomic mass is 16.7. The van der Waals surface area contributed by atoms with Crippen molar-refractivity contribution in [2.24, 2.45) is 17.3 Å². The first-order valence-corrected chi connectivity index (χ1v) is 10.6. The molecule has 1 saturated carbocycles. The molecule has 0 radical (unpaired) electrons. The van der Waals surface area contributed by atoms with Gasteiger partial charge in [0.1, 0.15) is 5.78 Å². The number of rotatable bonds is 4. The van der Waals surface area contributed by atoms with Gasteiger partial charge in [-0.15, -0.1) is 0 Å². The summed E-state index contributed by atoms with van der Waals surface area (Å²) in [5.74, 6) is 1.24. The van der Waals surface area contributed by atoms with Crippen molar-refractivity contribution in [3.63, 3.8) is 0 Å². The van der Waals surface area contributed by atoms with Gasteiger partial charge >= 0.3 is 0 Å². The Labute approximate surface area is 158 Å². The number of ketones is 1. The minimum atomic E-state index is -0.429. The molecular formula is C23H34O3. The van der Waals surface area contributed by atoms with Crippen molar-refractivity contribution in [2.75, 3.05) is 6.61 Å². The number of carbonyl (C=O) groups excluding carboxylic acids is 1. The number of fused-ring (bicyclic) bond motifs is 4. The van der Waals surface area contributed by atoms with E-state index in [4.69, 9.17) is 9.47 Å². The van der Waals surface area contributed by atoms with Gasteiger partial charge in [-0.3, -0.25) is 4.79 Å². The summed E-state index contributed by atoms with van der Waals surface area (Å²) >= 11 is 0. The number of carbonyl (C=O) groups is 1. The lowest BCUT2D eigenvalue weighted by Gasteiger charge is -2.48. The summed E-state index contributed by atoms with van der Waals surface area (Å²) < 4.78 is 12.4. The van der Waals surface area contributed by atoms with E-state index in [0.29, 0.717) is 24.2 Å². The van der Waals surface area contributed by atoms with E-state index in [1.54, 1.807) is 16.7 Å². The second-order valence-corrected chi connectivity index (χ2v) is 9.26. The Morgan fingerprint density at radius 3 is 2.77 bits per heavy atom. The van der Waals surface area contributed by atoms with Crippen molar-refractivity contribution in [1.82, 2.24) is 0 Å². The van der Waals surface area contributed by atoms with Gasteiger partial charge in [0, 0.05) is 31.3 Å². The topological polar surface area (TPSA) is 35.5 Å². The third kappa shape index (κ3) is 2.82. The van der Waals surface area contributed by atoms with Crippen LogP contribution in [0.25, 0.3) is 0 Å². The maximum absolute atomic E-state index is 12.5. The number of hydrogen-bond donors (Lipinski definition) is 0. The predicted octanol–water partition coefficient (Wildman–Crippen LogP) is 5.35. The first kappa shape index (κ1) is 18.4. The average Bonchev–Trinajstić information content (AvgIpc) is 2.89. The van der Waals surface area contributed by atoms with Crippen LogP contribution < -0.4 is 0 Å². The van der Waals surface area contributed by atoms with Crippen LogP contribution in [-0.4, -0.2) is 24.3 Å². The molecule has 4 aliphatic carbocycles. The maximum Gasteiger partial charge on any atom is 0.172 e. The Morgan fingerprint density at radius 2 is 2.04 bits per heavy atom. The number of hydrogen-bond acceptors (Lipinski definition) is 3. The van der Waals surface area contributed by atoms with Gasteiger partial charge < -0.3 is 9.47 Å². The summed E-state index contributed by atoms with van der Waals surface area (Å²) in [5.41, 5.74) is 4.64. The van der Waals surface area contributed by atoms with Gasteiger partial charge in [-0.1, -0.05) is 18.6 Å². The van der Waals surface area contributed by atoms with Crippen LogP contribution in [0.1, 0.15) is 79.1 Å². The minimum absolute atomic E-state index is 0.0866. The Bertz CT molecular complexity index is 658. The monoisotopic (exact) mass is 358 g/mol. The quantitative estimate of drug-likeness (QED) is 0.636. The molecule has 0 amide bonds. The van der Waals surface area contributed by atoms with E-state index in [9.17, 15) is 4.79 Å². The lowest BCUT2D eigenvalue weighted by atomic mass is 9.58. The van der Waals surface area contributed by atoms with Crippen molar-refractivity contribution in [3.05, 3.63) is 22.8 Å². The largest absolute Gasteiger partial charge is 0.350 e. The van der Waals surface area contributed by atoms with E-state index in [-0.39, 0.29) is 11.5 Å². The van der Waals surface area contributed by atoms with Gasteiger partial charge in [0.05, 0.1) is 6.10 Å². The number of ether oxygens (including phenoxy) is 2. The first-order chi connectivity index (χ1) is 12.4. The van der Waals surface area contributed by atoms with Gasteiger partial charge in [-0.2, -0.15) is 0 Å². The van der Waals surface area contributed by atoms with Gasteiger partial charge in [0.15, 0.2) is 5.79 Å². The molecule has 0 N–H and O–H groups in total. The van der Waals surface area contributed by atoms with Crippen LogP contribution in [0.4, 0.5) is 0 Å². The van der Waals surface area contributed by atoms with Crippen LogP contribution in [0.3, 0.4) is 0 Å². The molecule has 0 aromatic heterocycles. The first-order valence-electron chi connectivity index (χ1n) is 10.6. The third-order valence-corrected chi connectivity index (χ3v) is 7.40. The molecule has 4 rings (SSSR count). The summed E-state index contributed by atoms with van der Waals surface area (Å²) in [6, 6.07) is 0. The second-order valence-electron chi connectivity index (χ2n) is 9.26. The summed E-state index contributed by atoms with van der Waals surface area (Å²) in [7, 11) is 0. The molecule has 1 fully saturated rings. The highest BCUT2D eigenvalue weighted by Crippen LogP contribution is 2.58. The van der Waals surface area contributed by atoms with Crippen molar-refractivity contribution in [1.29, 1.82) is 0 Å². The van der Waals surface area contributed by atoms with E-state index in [2.05, 4.69) is 33.8 Å². The van der Waals surface area contributed by atoms with E-state index < -0.39 is 5.79 Å². The lowest BCUT2D eigenvalue weighted by Crippen LogP contribution is -2.44. The maximum atomic E-state index is 12.5. The lowest BCUT2D eigenvalue weighted by molar-refractivity contribution is -0.256. The molecule has 0 bridgehead atoms. The molecular weight excluding hydrogens is 324 g/mol. The zero-order valence-electron chi connectivity index (χ0n) is 16.9. The van der Waals surface area contributed by atoms with E-state index in [0.717, 1.165) is 44.9 Å². The minimum Gasteiger partial charge on any atom is -0.350 e. The van der Waals surface area contributed by atoms with Crippen molar-refractivity contribution in [2.45, 2.75) is 91.0 Å². The van der Waals surface area contributed by atoms with E-state index in [1.165, 1.54) is 6.42 Å². The molecule has 0 saturated heterocycles. The molecule has 26 heavy (non-hydrogen) atoms. The summed E-state index contributed by atoms with van der Waals surface area (Å²) in [6.07, 6.45) is 10.7. The number of Topliss-reactive ketones (excluding diaryl/α,β-unsaturated/α-hetero) is 1. The average molecular weight is 359 g/mol. The summed E-state index contributed by atoms with van der Waals surface area (Å²) in [4.78, 5) is 12.5. The predicted molar refractivity (Wildman–Crippen MR) is 103 cm³/mol. The molecule has 0 aliphatic heterocycles. The summed E-state index contributed by atoms with van der Waals surface area (Å²) in [5, 5.41) is 0. The highest BCUT2D eigenvalue weighted by molar-refractivity contribution is 5.87. The molecule has 0 aromatic carbocycles. The van der Waals surface area contributed by atoms with Gasteiger partial charge in [-0.25, -0.2) is 0 Å². The van der Waals surface area contributed by atoms with Crippen LogP contribution >= 0.6 is 0 Å². The summed E-state index contributed by atoms with van der Waals surface area (Å²) in [6.45, 7) is 9.19. The van der Waals surface area contributed by atoms with Crippen LogP contribution in [-0.2, 0) is 14.3 Å². The van der Waals surface area contributed by atoms with Crippen LogP contribution in [0.15, 0.2) is 22.8 Å². The Balaban J connectivity index is 1.63. The second kappa shape index (κ2) is 6.60. The molecule has 4 aliphatic rings.